The Labute approximate surface area is 121 Å². The quantitative estimate of drug-likeness (QED) is 0.737. The molecule has 2 unspecified atom stereocenters. The minimum absolute atomic E-state index is 0.235. The predicted octanol–water partition coefficient (Wildman–Crippen LogP) is 2.87. The summed E-state index contributed by atoms with van der Waals surface area (Å²) >= 11 is 0. The van der Waals surface area contributed by atoms with Crippen LogP contribution < -0.4 is 10.2 Å². The van der Waals surface area contributed by atoms with Crippen molar-refractivity contribution in [1.82, 2.24) is 0 Å². The second-order valence-electron chi connectivity index (χ2n) is 7.00. The summed E-state index contributed by atoms with van der Waals surface area (Å²) in [5, 5.41) is 0. The first kappa shape index (κ1) is 14.0. The molecular formula is C16H23BO3. The molecule has 3 rings (SSSR count). The molecule has 0 spiro atoms. The van der Waals surface area contributed by atoms with Gasteiger partial charge in [0, 0.05) is 11.5 Å². The van der Waals surface area contributed by atoms with Gasteiger partial charge in [0.25, 0.3) is 0 Å². The Morgan fingerprint density at radius 2 is 1.60 bits per heavy atom. The van der Waals surface area contributed by atoms with E-state index in [1.807, 2.05) is 12.1 Å². The van der Waals surface area contributed by atoms with E-state index < -0.39 is 0 Å². The van der Waals surface area contributed by atoms with Crippen LogP contribution in [0.15, 0.2) is 18.2 Å². The summed E-state index contributed by atoms with van der Waals surface area (Å²) in [5.74, 6) is 1.40. The molecule has 3 nitrogen and oxygen atoms in total. The van der Waals surface area contributed by atoms with E-state index in [-0.39, 0.29) is 24.4 Å². The van der Waals surface area contributed by atoms with Crippen LogP contribution in [-0.4, -0.2) is 24.4 Å². The highest BCUT2D eigenvalue weighted by atomic mass is 16.7. The van der Waals surface area contributed by atoms with Crippen LogP contribution in [0.3, 0.4) is 0 Å². The minimum Gasteiger partial charge on any atom is -0.490 e. The van der Waals surface area contributed by atoms with Gasteiger partial charge in [0.2, 0.25) is 0 Å². The zero-order valence-corrected chi connectivity index (χ0v) is 13.2. The number of rotatable bonds is 1. The molecule has 1 aromatic carbocycles. The maximum Gasteiger partial charge on any atom is 0.494 e. The molecule has 0 radical (unpaired) electrons. The molecule has 1 saturated heterocycles. The van der Waals surface area contributed by atoms with Gasteiger partial charge in [-0.2, -0.15) is 0 Å². The number of benzene rings is 1. The molecule has 0 aliphatic carbocycles. The molecule has 2 atom stereocenters. The van der Waals surface area contributed by atoms with E-state index in [0.717, 1.165) is 11.2 Å². The molecule has 0 saturated carbocycles. The van der Waals surface area contributed by atoms with Gasteiger partial charge in [-0.1, -0.05) is 19.1 Å². The largest absolute Gasteiger partial charge is 0.494 e. The molecule has 20 heavy (non-hydrogen) atoms. The lowest BCUT2D eigenvalue weighted by molar-refractivity contribution is 0.00578. The molecule has 2 aliphatic heterocycles. The lowest BCUT2D eigenvalue weighted by Crippen LogP contribution is -2.41. The second-order valence-corrected chi connectivity index (χ2v) is 7.00. The van der Waals surface area contributed by atoms with Gasteiger partial charge >= 0.3 is 7.12 Å². The molecule has 0 amide bonds. The molecule has 4 heteroatoms. The Balaban J connectivity index is 1.91. The lowest BCUT2D eigenvalue weighted by Gasteiger charge is -2.32. The first-order valence-corrected chi connectivity index (χ1v) is 7.37. The number of hydrogen-bond acceptors (Lipinski definition) is 3. The normalized spacial score (nSPS) is 30.2. The minimum atomic E-state index is -0.300. The Morgan fingerprint density at radius 1 is 1.00 bits per heavy atom. The summed E-state index contributed by atoms with van der Waals surface area (Å²) in [4.78, 5) is 0. The first-order chi connectivity index (χ1) is 9.21. The third-order valence-corrected chi connectivity index (χ3v) is 5.07. The molecule has 0 bridgehead atoms. The Bertz CT molecular complexity index is 523. The summed E-state index contributed by atoms with van der Waals surface area (Å²) < 4.78 is 18.1. The van der Waals surface area contributed by atoms with Crippen molar-refractivity contribution in [2.75, 3.05) is 0 Å². The molecule has 1 aromatic rings. The van der Waals surface area contributed by atoms with Gasteiger partial charge in [0.1, 0.15) is 11.9 Å². The van der Waals surface area contributed by atoms with Crippen LogP contribution in [0.1, 0.15) is 53.0 Å². The van der Waals surface area contributed by atoms with Crippen molar-refractivity contribution < 1.29 is 14.0 Å². The standard InChI is InChI=1S/C16H23BO3/c1-10-11(2)18-14-8-7-12(9-13(10)14)17-19-15(3,4)16(5,6)20-17/h7-11H,1-6H3. The highest BCUT2D eigenvalue weighted by Gasteiger charge is 2.51. The third-order valence-electron chi connectivity index (χ3n) is 5.07. The van der Waals surface area contributed by atoms with Gasteiger partial charge in [0.15, 0.2) is 0 Å². The van der Waals surface area contributed by atoms with Crippen molar-refractivity contribution in [3.63, 3.8) is 0 Å². The van der Waals surface area contributed by atoms with Gasteiger partial charge in [-0.25, -0.2) is 0 Å². The molecular weight excluding hydrogens is 251 g/mol. The topological polar surface area (TPSA) is 27.7 Å². The van der Waals surface area contributed by atoms with Gasteiger partial charge in [0.05, 0.1) is 11.2 Å². The Morgan fingerprint density at radius 3 is 2.20 bits per heavy atom. The summed E-state index contributed by atoms with van der Waals surface area (Å²) in [5.41, 5.74) is 1.73. The van der Waals surface area contributed by atoms with Crippen LogP contribution >= 0.6 is 0 Å². The maximum atomic E-state index is 6.11. The number of ether oxygens (including phenoxy) is 1. The van der Waals surface area contributed by atoms with Crippen LogP contribution in [0.2, 0.25) is 0 Å². The van der Waals surface area contributed by atoms with Gasteiger partial charge in [-0.3, -0.25) is 0 Å². The van der Waals surface area contributed by atoms with Crippen molar-refractivity contribution in [1.29, 1.82) is 0 Å². The molecule has 108 valence electrons. The van der Waals surface area contributed by atoms with E-state index in [0.29, 0.717) is 5.92 Å². The van der Waals surface area contributed by atoms with Crippen molar-refractivity contribution >= 4 is 12.6 Å². The van der Waals surface area contributed by atoms with E-state index in [2.05, 4.69) is 47.6 Å². The van der Waals surface area contributed by atoms with E-state index in [9.17, 15) is 0 Å². The zero-order valence-electron chi connectivity index (χ0n) is 13.2. The molecule has 2 aliphatic rings. The van der Waals surface area contributed by atoms with Crippen molar-refractivity contribution in [2.45, 2.75) is 64.8 Å². The summed E-state index contributed by atoms with van der Waals surface area (Å²) in [6.45, 7) is 12.6. The molecule has 1 fully saturated rings. The average Bonchev–Trinajstić information content (AvgIpc) is 2.74. The summed E-state index contributed by atoms with van der Waals surface area (Å²) in [6.07, 6.45) is 0.235. The van der Waals surface area contributed by atoms with Gasteiger partial charge < -0.3 is 14.0 Å². The van der Waals surface area contributed by atoms with Crippen LogP contribution in [0.4, 0.5) is 0 Å². The molecule has 2 heterocycles. The average molecular weight is 274 g/mol. The van der Waals surface area contributed by atoms with Crippen LogP contribution in [0.25, 0.3) is 0 Å². The first-order valence-electron chi connectivity index (χ1n) is 7.37. The van der Waals surface area contributed by atoms with Crippen LogP contribution in [-0.2, 0) is 9.31 Å². The molecule has 0 aromatic heterocycles. The Hall–Kier alpha value is -0.995. The van der Waals surface area contributed by atoms with Crippen LogP contribution in [0.5, 0.6) is 5.75 Å². The van der Waals surface area contributed by atoms with Crippen molar-refractivity contribution in [2.24, 2.45) is 0 Å². The monoisotopic (exact) mass is 274 g/mol. The Kier molecular flexibility index (Phi) is 2.97. The lowest BCUT2D eigenvalue weighted by atomic mass is 9.77. The third kappa shape index (κ3) is 1.97. The van der Waals surface area contributed by atoms with Crippen LogP contribution in [0, 0.1) is 0 Å². The fourth-order valence-corrected chi connectivity index (χ4v) is 2.71. The smallest absolute Gasteiger partial charge is 0.490 e. The maximum absolute atomic E-state index is 6.11. The molecule has 0 N–H and O–H groups in total. The number of fused-ring (bicyclic) bond motifs is 1. The van der Waals surface area contributed by atoms with E-state index >= 15 is 0 Å². The fourth-order valence-electron chi connectivity index (χ4n) is 2.71. The predicted molar refractivity (Wildman–Crippen MR) is 80.7 cm³/mol. The van der Waals surface area contributed by atoms with Crippen molar-refractivity contribution in [3.8, 4) is 5.75 Å². The van der Waals surface area contributed by atoms with Gasteiger partial charge in [-0.05, 0) is 46.1 Å². The van der Waals surface area contributed by atoms with E-state index in [1.165, 1.54) is 5.56 Å². The SMILES string of the molecule is CC1Oc2ccc(B3OC(C)(C)C(C)(C)O3)cc2C1C. The summed E-state index contributed by atoms with van der Waals surface area (Å²) in [7, 11) is -0.298. The fraction of sp³-hybridized carbons (Fsp3) is 0.625. The zero-order chi connectivity index (χ0) is 14.7. The van der Waals surface area contributed by atoms with E-state index in [4.69, 9.17) is 14.0 Å². The summed E-state index contributed by atoms with van der Waals surface area (Å²) in [6, 6.07) is 6.26. The van der Waals surface area contributed by atoms with Gasteiger partial charge in [-0.15, -0.1) is 0 Å². The second kappa shape index (κ2) is 4.25. The highest BCUT2D eigenvalue weighted by Crippen LogP contribution is 2.39. The number of hydrogen-bond donors (Lipinski definition) is 0. The van der Waals surface area contributed by atoms with E-state index in [1.54, 1.807) is 0 Å². The van der Waals surface area contributed by atoms with Crippen molar-refractivity contribution in [3.05, 3.63) is 23.8 Å². The highest BCUT2D eigenvalue weighted by molar-refractivity contribution is 6.62.